The van der Waals surface area contributed by atoms with Crippen molar-refractivity contribution in [3.05, 3.63) is 0 Å². The lowest BCUT2D eigenvalue weighted by molar-refractivity contribution is -0.122. The maximum absolute atomic E-state index is 11.5. The van der Waals surface area contributed by atoms with E-state index < -0.39 is 0 Å². The van der Waals surface area contributed by atoms with E-state index in [2.05, 4.69) is 33.0 Å². The van der Waals surface area contributed by atoms with Gasteiger partial charge in [-0.15, -0.1) is 0 Å². The molecule has 1 saturated carbocycles. The molecule has 3 atom stereocenters. The van der Waals surface area contributed by atoms with Gasteiger partial charge in [0.25, 0.3) is 0 Å². The number of hydrogen-bond acceptors (Lipinski definition) is 2. The van der Waals surface area contributed by atoms with Gasteiger partial charge in [-0.05, 0) is 17.8 Å². The predicted molar refractivity (Wildman–Crippen MR) is 57.8 cm³/mol. The summed E-state index contributed by atoms with van der Waals surface area (Å²) in [4.78, 5) is 11.5. The third-order valence-electron chi connectivity index (χ3n) is 3.16. The normalized spacial score (nSPS) is 28.4. The molecule has 82 valence electrons. The molecule has 3 nitrogen and oxygen atoms in total. The van der Waals surface area contributed by atoms with Crippen molar-refractivity contribution in [2.75, 3.05) is 0 Å². The lowest BCUT2D eigenvalue weighted by atomic mass is 9.80. The Morgan fingerprint density at radius 1 is 1.57 bits per heavy atom. The summed E-state index contributed by atoms with van der Waals surface area (Å²) in [7, 11) is 0. The second-order valence-electron chi connectivity index (χ2n) is 5.54. The number of hydrogen-bond donors (Lipinski definition) is 2. The lowest BCUT2D eigenvalue weighted by Gasteiger charge is -2.26. The van der Waals surface area contributed by atoms with Crippen LogP contribution in [0.2, 0.25) is 0 Å². The molecule has 1 amide bonds. The Kier molecular flexibility index (Phi) is 3.20. The van der Waals surface area contributed by atoms with Crippen LogP contribution in [0.4, 0.5) is 0 Å². The molecule has 0 spiro atoms. The molecule has 0 aromatic carbocycles. The van der Waals surface area contributed by atoms with Crippen molar-refractivity contribution in [1.82, 2.24) is 5.32 Å². The Balaban J connectivity index is 2.26. The van der Waals surface area contributed by atoms with Gasteiger partial charge in [-0.25, -0.2) is 0 Å². The topological polar surface area (TPSA) is 55.1 Å². The molecule has 0 aliphatic heterocycles. The third-order valence-corrected chi connectivity index (χ3v) is 3.16. The number of rotatable bonds is 3. The maximum Gasteiger partial charge on any atom is 0.220 e. The Morgan fingerprint density at radius 2 is 2.07 bits per heavy atom. The minimum atomic E-state index is 0.144. The van der Waals surface area contributed by atoms with E-state index in [1.165, 1.54) is 0 Å². The van der Waals surface area contributed by atoms with E-state index in [1.807, 2.05) is 0 Å². The van der Waals surface area contributed by atoms with Crippen LogP contribution in [-0.2, 0) is 4.79 Å². The monoisotopic (exact) mass is 198 g/mol. The minimum absolute atomic E-state index is 0.144. The summed E-state index contributed by atoms with van der Waals surface area (Å²) in [6.45, 7) is 8.60. The third kappa shape index (κ3) is 3.29. The summed E-state index contributed by atoms with van der Waals surface area (Å²) in [6.07, 6.45) is 1.54. The fraction of sp³-hybridized carbons (Fsp3) is 0.909. The Hall–Kier alpha value is -0.570. The zero-order valence-electron chi connectivity index (χ0n) is 9.63. The molecule has 1 rings (SSSR count). The van der Waals surface area contributed by atoms with Gasteiger partial charge >= 0.3 is 0 Å². The van der Waals surface area contributed by atoms with Crippen LogP contribution in [0.1, 0.15) is 40.5 Å². The molecule has 0 bridgehead atoms. The molecule has 0 radical (unpaired) electrons. The number of amides is 1. The lowest BCUT2D eigenvalue weighted by Crippen LogP contribution is -2.32. The highest BCUT2D eigenvalue weighted by atomic mass is 16.1. The molecular formula is C11H22N2O. The van der Waals surface area contributed by atoms with Crippen LogP contribution in [0, 0.1) is 11.3 Å². The van der Waals surface area contributed by atoms with Crippen molar-refractivity contribution in [2.45, 2.75) is 52.6 Å². The van der Waals surface area contributed by atoms with Crippen LogP contribution in [0.5, 0.6) is 0 Å². The van der Waals surface area contributed by atoms with Crippen LogP contribution < -0.4 is 11.1 Å². The van der Waals surface area contributed by atoms with Gasteiger partial charge in [-0.1, -0.05) is 27.7 Å². The van der Waals surface area contributed by atoms with E-state index in [9.17, 15) is 4.79 Å². The van der Waals surface area contributed by atoms with E-state index in [-0.39, 0.29) is 23.4 Å². The van der Waals surface area contributed by atoms with E-state index in [0.29, 0.717) is 12.3 Å². The van der Waals surface area contributed by atoms with Crippen molar-refractivity contribution in [3.8, 4) is 0 Å². The molecule has 14 heavy (non-hydrogen) atoms. The summed E-state index contributed by atoms with van der Waals surface area (Å²) < 4.78 is 0. The van der Waals surface area contributed by atoms with Gasteiger partial charge in [0, 0.05) is 18.5 Å². The van der Waals surface area contributed by atoms with E-state index >= 15 is 0 Å². The highest BCUT2D eigenvalue weighted by Gasteiger charge is 2.35. The van der Waals surface area contributed by atoms with Crippen LogP contribution in [0.3, 0.4) is 0 Å². The summed E-state index contributed by atoms with van der Waals surface area (Å²) in [6, 6.07) is 0.443. The second-order valence-corrected chi connectivity index (χ2v) is 5.54. The average molecular weight is 198 g/mol. The molecule has 1 aliphatic rings. The van der Waals surface area contributed by atoms with Crippen molar-refractivity contribution in [1.29, 1.82) is 0 Å². The molecule has 0 aromatic heterocycles. The Labute approximate surface area is 86.4 Å². The van der Waals surface area contributed by atoms with E-state index in [4.69, 9.17) is 5.73 Å². The number of carbonyl (C=O) groups is 1. The van der Waals surface area contributed by atoms with Crippen molar-refractivity contribution >= 4 is 5.91 Å². The maximum atomic E-state index is 11.5. The number of carbonyl (C=O) groups excluding carboxylic acids is 1. The first-order valence-electron chi connectivity index (χ1n) is 5.35. The summed E-state index contributed by atoms with van der Waals surface area (Å²) in [5.41, 5.74) is 5.81. The van der Waals surface area contributed by atoms with Gasteiger partial charge in [-0.3, -0.25) is 4.79 Å². The standard InChI is InChI=1S/C11H22N2O/c1-7(11(2,3)4)5-10(14)13-9-6-8(9)12/h7-9H,5-6,12H2,1-4H3,(H,13,14). The van der Waals surface area contributed by atoms with Gasteiger partial charge in [0.1, 0.15) is 0 Å². The van der Waals surface area contributed by atoms with Crippen molar-refractivity contribution in [2.24, 2.45) is 17.1 Å². The quantitative estimate of drug-likeness (QED) is 0.717. The molecule has 1 aliphatic carbocycles. The molecule has 0 saturated heterocycles. The zero-order chi connectivity index (χ0) is 10.9. The van der Waals surface area contributed by atoms with Crippen molar-refractivity contribution in [3.63, 3.8) is 0 Å². The summed E-state index contributed by atoms with van der Waals surface area (Å²) >= 11 is 0. The largest absolute Gasteiger partial charge is 0.352 e. The van der Waals surface area contributed by atoms with Gasteiger partial charge in [-0.2, -0.15) is 0 Å². The summed E-state index contributed by atoms with van der Waals surface area (Å²) in [5, 5.41) is 2.94. The molecule has 3 unspecified atom stereocenters. The van der Waals surface area contributed by atoms with Gasteiger partial charge < -0.3 is 11.1 Å². The summed E-state index contributed by atoms with van der Waals surface area (Å²) in [5.74, 6) is 0.544. The zero-order valence-corrected chi connectivity index (χ0v) is 9.63. The van der Waals surface area contributed by atoms with Crippen LogP contribution >= 0.6 is 0 Å². The van der Waals surface area contributed by atoms with Gasteiger partial charge in [0.15, 0.2) is 0 Å². The average Bonchev–Trinajstić information content (AvgIpc) is 2.63. The Bertz CT molecular complexity index is 220. The van der Waals surface area contributed by atoms with E-state index in [1.54, 1.807) is 0 Å². The first kappa shape index (κ1) is 11.5. The molecule has 1 fully saturated rings. The molecule has 0 aromatic rings. The molecule has 0 heterocycles. The molecule has 3 heteroatoms. The smallest absolute Gasteiger partial charge is 0.220 e. The first-order valence-corrected chi connectivity index (χ1v) is 5.35. The highest BCUT2D eigenvalue weighted by molar-refractivity contribution is 5.77. The van der Waals surface area contributed by atoms with Crippen molar-refractivity contribution < 1.29 is 4.79 Å². The Morgan fingerprint density at radius 3 is 2.43 bits per heavy atom. The fourth-order valence-electron chi connectivity index (χ4n) is 1.23. The van der Waals surface area contributed by atoms with Crippen LogP contribution in [-0.4, -0.2) is 18.0 Å². The van der Waals surface area contributed by atoms with Gasteiger partial charge in [0.2, 0.25) is 5.91 Å². The fourth-order valence-corrected chi connectivity index (χ4v) is 1.23. The number of nitrogens with one attached hydrogen (secondary N) is 1. The minimum Gasteiger partial charge on any atom is -0.352 e. The highest BCUT2D eigenvalue weighted by Crippen LogP contribution is 2.28. The van der Waals surface area contributed by atoms with Crippen LogP contribution in [0.15, 0.2) is 0 Å². The SMILES string of the molecule is CC(CC(=O)NC1CC1N)C(C)(C)C. The molecular weight excluding hydrogens is 176 g/mol. The van der Waals surface area contributed by atoms with Crippen LogP contribution in [0.25, 0.3) is 0 Å². The second kappa shape index (κ2) is 3.89. The first-order chi connectivity index (χ1) is 6.30. The number of nitrogens with two attached hydrogens (primary N) is 1. The molecule has 3 N–H and O–H groups in total. The van der Waals surface area contributed by atoms with Gasteiger partial charge in [0.05, 0.1) is 0 Å². The van der Waals surface area contributed by atoms with E-state index in [0.717, 1.165) is 6.42 Å². The predicted octanol–water partition coefficient (Wildman–Crippen LogP) is 1.27.